The van der Waals surface area contributed by atoms with Crippen molar-refractivity contribution in [1.82, 2.24) is 15.0 Å². The van der Waals surface area contributed by atoms with Gasteiger partial charge in [0.1, 0.15) is 6.04 Å². The molecule has 0 unspecified atom stereocenters. The lowest BCUT2D eigenvalue weighted by Gasteiger charge is -2.22. The molecular formula is C21H21ClN4O2. The first kappa shape index (κ1) is 18.5. The number of likely N-dealkylation sites (tertiary alicyclic amines) is 1. The molecule has 1 fully saturated rings. The number of urea groups is 1. The predicted molar refractivity (Wildman–Crippen MR) is 108 cm³/mol. The highest BCUT2D eigenvalue weighted by molar-refractivity contribution is 6.30. The Bertz CT molecular complexity index is 1020. The summed E-state index contributed by atoms with van der Waals surface area (Å²) in [7, 11) is 0. The Hall–Kier alpha value is -2.86. The van der Waals surface area contributed by atoms with Crippen LogP contribution in [-0.4, -0.2) is 27.6 Å². The number of carbonyl (C=O) groups is 1. The van der Waals surface area contributed by atoms with Crippen LogP contribution in [0, 0.1) is 13.8 Å². The molecule has 1 aliphatic rings. The van der Waals surface area contributed by atoms with Crippen LogP contribution in [0.15, 0.2) is 47.0 Å². The van der Waals surface area contributed by atoms with Gasteiger partial charge in [0.05, 0.1) is 0 Å². The first-order valence-corrected chi connectivity index (χ1v) is 9.63. The molecule has 1 atom stereocenters. The molecule has 4 rings (SSSR count). The molecule has 3 aromatic rings. The third kappa shape index (κ3) is 3.73. The minimum absolute atomic E-state index is 0.156. The third-order valence-electron chi connectivity index (χ3n) is 4.95. The molecule has 144 valence electrons. The zero-order valence-electron chi connectivity index (χ0n) is 15.8. The fraction of sp³-hybridized carbons (Fsp3) is 0.286. The summed E-state index contributed by atoms with van der Waals surface area (Å²) in [6, 6.07) is 12.9. The molecule has 0 aliphatic carbocycles. The summed E-state index contributed by atoms with van der Waals surface area (Å²) in [5.41, 5.74) is 3.79. The van der Waals surface area contributed by atoms with Crippen LogP contribution in [0.4, 0.5) is 10.5 Å². The maximum atomic E-state index is 12.9. The number of halogens is 1. The largest absolute Gasteiger partial charge is 0.337 e. The summed E-state index contributed by atoms with van der Waals surface area (Å²) >= 11 is 6.05. The second kappa shape index (κ2) is 7.64. The summed E-state index contributed by atoms with van der Waals surface area (Å²) in [4.78, 5) is 19.1. The number of aryl methyl sites for hydroxylation is 2. The van der Waals surface area contributed by atoms with Gasteiger partial charge in [0.2, 0.25) is 11.7 Å². The molecule has 2 heterocycles. The number of aromatic nitrogens is 2. The first-order chi connectivity index (χ1) is 13.5. The molecule has 0 radical (unpaired) electrons. The predicted octanol–water partition coefficient (Wildman–Crippen LogP) is 5.38. The molecule has 2 aromatic carbocycles. The molecule has 1 aromatic heterocycles. The van der Waals surface area contributed by atoms with Crippen LogP contribution in [0.2, 0.25) is 5.02 Å². The minimum Gasteiger partial charge on any atom is -0.337 e. The number of amides is 2. The number of nitrogens with one attached hydrogen (secondary N) is 1. The lowest BCUT2D eigenvalue weighted by molar-refractivity contribution is 0.193. The smallest absolute Gasteiger partial charge is 0.322 e. The van der Waals surface area contributed by atoms with E-state index in [9.17, 15) is 4.79 Å². The molecule has 2 amide bonds. The van der Waals surface area contributed by atoms with E-state index in [1.807, 2.05) is 44.2 Å². The number of anilines is 1. The van der Waals surface area contributed by atoms with Crippen molar-refractivity contribution in [2.45, 2.75) is 32.7 Å². The number of hydrogen-bond acceptors (Lipinski definition) is 4. The van der Waals surface area contributed by atoms with E-state index >= 15 is 0 Å². The van der Waals surface area contributed by atoms with Gasteiger partial charge in [-0.25, -0.2) is 4.79 Å². The van der Waals surface area contributed by atoms with Crippen molar-refractivity contribution in [2.24, 2.45) is 0 Å². The van der Waals surface area contributed by atoms with E-state index in [0.717, 1.165) is 35.2 Å². The van der Waals surface area contributed by atoms with Crippen molar-refractivity contribution in [3.63, 3.8) is 0 Å². The van der Waals surface area contributed by atoms with E-state index in [1.54, 1.807) is 17.0 Å². The van der Waals surface area contributed by atoms with Gasteiger partial charge in [-0.3, -0.25) is 0 Å². The lowest BCUT2D eigenvalue weighted by Crippen LogP contribution is -2.34. The fourth-order valence-electron chi connectivity index (χ4n) is 3.52. The van der Waals surface area contributed by atoms with Crippen LogP contribution in [0.3, 0.4) is 0 Å². The lowest BCUT2D eigenvalue weighted by atomic mass is 10.1. The van der Waals surface area contributed by atoms with Crippen LogP contribution in [0.25, 0.3) is 11.4 Å². The van der Waals surface area contributed by atoms with Gasteiger partial charge in [-0.2, -0.15) is 4.98 Å². The van der Waals surface area contributed by atoms with Gasteiger partial charge in [0, 0.05) is 22.8 Å². The molecule has 7 heteroatoms. The SMILES string of the molecule is Cc1ccc(NC(=O)N2CCC[C@@H]2c2nc(-c3cccc(Cl)c3)no2)c(C)c1. The van der Waals surface area contributed by atoms with Gasteiger partial charge in [0.15, 0.2) is 0 Å². The van der Waals surface area contributed by atoms with Crippen LogP contribution in [0.5, 0.6) is 0 Å². The molecule has 28 heavy (non-hydrogen) atoms. The number of nitrogens with zero attached hydrogens (tertiary/aromatic N) is 3. The summed E-state index contributed by atoms with van der Waals surface area (Å²) in [6.45, 7) is 4.66. The first-order valence-electron chi connectivity index (χ1n) is 9.25. The highest BCUT2D eigenvalue weighted by Crippen LogP contribution is 2.33. The second-order valence-corrected chi connectivity index (χ2v) is 7.50. The maximum absolute atomic E-state index is 12.9. The van der Waals surface area contributed by atoms with Gasteiger partial charge in [-0.05, 0) is 50.5 Å². The van der Waals surface area contributed by atoms with Crippen molar-refractivity contribution in [2.75, 3.05) is 11.9 Å². The summed E-state index contributed by atoms with van der Waals surface area (Å²) in [5, 5.41) is 7.69. The second-order valence-electron chi connectivity index (χ2n) is 7.07. The standard InChI is InChI=1S/C21H21ClN4O2/c1-13-8-9-17(14(2)11-13)23-21(27)26-10-4-7-18(26)20-24-19(25-28-20)15-5-3-6-16(22)12-15/h3,5-6,8-9,11-12,18H,4,7,10H2,1-2H3,(H,23,27)/t18-/m1/s1. The van der Waals surface area contributed by atoms with Crippen LogP contribution in [-0.2, 0) is 0 Å². The summed E-state index contributed by atoms with van der Waals surface area (Å²) < 4.78 is 5.49. The van der Waals surface area contributed by atoms with Gasteiger partial charge >= 0.3 is 6.03 Å². The molecule has 0 saturated carbocycles. The van der Waals surface area contributed by atoms with Gasteiger partial charge in [0.25, 0.3) is 0 Å². The molecule has 6 nitrogen and oxygen atoms in total. The van der Waals surface area contributed by atoms with E-state index < -0.39 is 0 Å². The van der Waals surface area contributed by atoms with Gasteiger partial charge in [-0.15, -0.1) is 0 Å². The van der Waals surface area contributed by atoms with E-state index in [4.69, 9.17) is 16.1 Å². The Labute approximate surface area is 168 Å². The highest BCUT2D eigenvalue weighted by Gasteiger charge is 2.34. The Morgan fingerprint density at radius 2 is 2.11 bits per heavy atom. The van der Waals surface area contributed by atoms with E-state index in [-0.39, 0.29) is 12.1 Å². The molecule has 0 bridgehead atoms. The number of carbonyl (C=O) groups excluding carboxylic acids is 1. The Balaban J connectivity index is 1.53. The number of hydrogen-bond donors (Lipinski definition) is 1. The highest BCUT2D eigenvalue weighted by atomic mass is 35.5. The average molecular weight is 397 g/mol. The Morgan fingerprint density at radius 3 is 2.89 bits per heavy atom. The summed E-state index contributed by atoms with van der Waals surface area (Å²) in [6.07, 6.45) is 1.68. The van der Waals surface area contributed by atoms with E-state index in [2.05, 4.69) is 15.5 Å². The van der Waals surface area contributed by atoms with Crippen LogP contribution in [0.1, 0.15) is 35.9 Å². The number of benzene rings is 2. The topological polar surface area (TPSA) is 71.3 Å². The molecular weight excluding hydrogens is 376 g/mol. The van der Waals surface area contributed by atoms with Crippen molar-refractivity contribution in [3.05, 3.63) is 64.5 Å². The zero-order valence-corrected chi connectivity index (χ0v) is 16.5. The Kier molecular flexibility index (Phi) is 5.05. The molecule has 1 N–H and O–H groups in total. The van der Waals surface area contributed by atoms with Crippen molar-refractivity contribution in [1.29, 1.82) is 0 Å². The van der Waals surface area contributed by atoms with Crippen molar-refractivity contribution < 1.29 is 9.32 Å². The normalized spacial score (nSPS) is 16.4. The zero-order chi connectivity index (χ0) is 19.7. The van der Waals surface area contributed by atoms with Crippen LogP contribution < -0.4 is 5.32 Å². The molecule has 1 aliphatic heterocycles. The average Bonchev–Trinajstić information content (AvgIpc) is 3.33. The maximum Gasteiger partial charge on any atom is 0.322 e. The van der Waals surface area contributed by atoms with Crippen molar-refractivity contribution in [3.8, 4) is 11.4 Å². The number of rotatable bonds is 3. The monoisotopic (exact) mass is 396 g/mol. The fourth-order valence-corrected chi connectivity index (χ4v) is 3.71. The van der Waals surface area contributed by atoms with Crippen molar-refractivity contribution >= 4 is 23.3 Å². The summed E-state index contributed by atoms with van der Waals surface area (Å²) in [5.74, 6) is 0.919. The minimum atomic E-state index is -0.230. The van der Waals surface area contributed by atoms with Crippen LogP contribution >= 0.6 is 11.6 Å². The quantitative estimate of drug-likeness (QED) is 0.645. The van der Waals surface area contributed by atoms with E-state index in [0.29, 0.717) is 23.3 Å². The van der Waals surface area contributed by atoms with Gasteiger partial charge < -0.3 is 14.7 Å². The Morgan fingerprint density at radius 1 is 1.25 bits per heavy atom. The third-order valence-corrected chi connectivity index (χ3v) is 5.18. The van der Waals surface area contributed by atoms with E-state index in [1.165, 1.54) is 0 Å². The molecule has 1 saturated heterocycles. The van der Waals surface area contributed by atoms with Gasteiger partial charge in [-0.1, -0.05) is 46.6 Å². The molecule has 0 spiro atoms.